The fourth-order valence-electron chi connectivity index (χ4n) is 5.11. The van der Waals surface area contributed by atoms with Crippen molar-refractivity contribution < 1.29 is 18.8 Å². The monoisotopic (exact) mass is 643 g/mol. The SMILES string of the molecule is Cc1ccc(-n2nc(C(C)(C)C)cc2NC(=O)Nc2ccc(Oc3ccnc(CC(=O)NCc4cc(C)no4)c3)c3ccccc23)cc1. The van der Waals surface area contributed by atoms with Gasteiger partial charge in [0.1, 0.15) is 17.3 Å². The maximum atomic E-state index is 13.4. The van der Waals surface area contributed by atoms with Crippen LogP contribution in [0.25, 0.3) is 16.5 Å². The molecule has 0 aliphatic heterocycles. The van der Waals surface area contributed by atoms with Crippen LogP contribution >= 0.6 is 0 Å². The van der Waals surface area contributed by atoms with E-state index in [9.17, 15) is 9.59 Å². The number of aromatic nitrogens is 4. The molecule has 3 N–H and O–H groups in total. The number of amides is 3. The van der Waals surface area contributed by atoms with Gasteiger partial charge >= 0.3 is 6.03 Å². The van der Waals surface area contributed by atoms with E-state index in [4.69, 9.17) is 14.4 Å². The van der Waals surface area contributed by atoms with Crippen LogP contribution < -0.4 is 20.7 Å². The number of hydrogen-bond acceptors (Lipinski definition) is 7. The second-order valence-electron chi connectivity index (χ2n) is 12.6. The summed E-state index contributed by atoms with van der Waals surface area (Å²) in [6, 6.07) is 26.0. The van der Waals surface area contributed by atoms with Crippen molar-refractivity contribution in [2.45, 2.75) is 53.0 Å². The van der Waals surface area contributed by atoms with Crippen LogP contribution in [-0.4, -0.2) is 31.9 Å². The van der Waals surface area contributed by atoms with Crippen molar-refractivity contribution in [1.82, 2.24) is 25.2 Å². The number of aryl methyl sites for hydroxylation is 2. The number of nitrogens with zero attached hydrogens (tertiary/aromatic N) is 4. The van der Waals surface area contributed by atoms with Crippen molar-refractivity contribution in [3.05, 3.63) is 120 Å². The van der Waals surface area contributed by atoms with Crippen molar-refractivity contribution in [2.75, 3.05) is 10.6 Å². The number of urea groups is 1. The third kappa shape index (κ3) is 7.52. The quantitative estimate of drug-likeness (QED) is 0.147. The predicted octanol–water partition coefficient (Wildman–Crippen LogP) is 7.62. The zero-order valence-electron chi connectivity index (χ0n) is 27.5. The van der Waals surface area contributed by atoms with Crippen LogP contribution in [0.15, 0.2) is 95.6 Å². The van der Waals surface area contributed by atoms with Gasteiger partial charge in [-0.2, -0.15) is 5.10 Å². The van der Waals surface area contributed by atoms with E-state index in [-0.39, 0.29) is 24.3 Å². The summed E-state index contributed by atoms with van der Waals surface area (Å²) in [4.78, 5) is 30.3. The van der Waals surface area contributed by atoms with Gasteiger partial charge in [-0.25, -0.2) is 9.48 Å². The van der Waals surface area contributed by atoms with E-state index in [1.54, 1.807) is 41.2 Å². The lowest BCUT2D eigenvalue weighted by molar-refractivity contribution is -0.120. The molecule has 0 spiro atoms. The third-order valence-corrected chi connectivity index (χ3v) is 7.62. The summed E-state index contributed by atoms with van der Waals surface area (Å²) in [5.74, 6) is 2.05. The summed E-state index contributed by atoms with van der Waals surface area (Å²) >= 11 is 0. The Morgan fingerprint density at radius 1 is 0.896 bits per heavy atom. The zero-order valence-corrected chi connectivity index (χ0v) is 27.5. The molecular weight excluding hydrogens is 606 g/mol. The fraction of sp³-hybridized carbons (Fsp3) is 0.216. The lowest BCUT2D eigenvalue weighted by atomic mass is 9.92. The topological polar surface area (TPSA) is 136 Å². The highest BCUT2D eigenvalue weighted by Crippen LogP contribution is 2.35. The Hall–Kier alpha value is -5.97. The van der Waals surface area contributed by atoms with Gasteiger partial charge in [-0.15, -0.1) is 0 Å². The van der Waals surface area contributed by atoms with Gasteiger partial charge in [0.25, 0.3) is 0 Å². The minimum atomic E-state index is -0.405. The van der Waals surface area contributed by atoms with Crippen molar-refractivity contribution >= 4 is 34.2 Å². The number of ether oxygens (including phenoxy) is 1. The molecule has 0 atom stereocenters. The van der Waals surface area contributed by atoms with Gasteiger partial charge in [0.05, 0.1) is 41.4 Å². The van der Waals surface area contributed by atoms with E-state index < -0.39 is 6.03 Å². The second-order valence-corrected chi connectivity index (χ2v) is 12.6. The molecule has 0 aliphatic carbocycles. The lowest BCUT2D eigenvalue weighted by Crippen LogP contribution is -2.24. The number of fused-ring (bicyclic) bond motifs is 1. The fourth-order valence-corrected chi connectivity index (χ4v) is 5.11. The Bertz CT molecular complexity index is 2090. The number of nitrogens with one attached hydrogen (secondary N) is 3. The van der Waals surface area contributed by atoms with Crippen molar-refractivity contribution in [3.8, 4) is 17.2 Å². The standard InChI is InChI=1S/C37H37N7O4/c1-23-10-12-26(13-11-23)44-34(21-33(42-44)37(3,4)5)41-36(46)40-31-14-15-32(30-9-7-6-8-29(30)31)47-27-16-17-38-25(19-27)20-35(45)39-22-28-18-24(2)43-48-28/h6-19,21H,20,22H2,1-5H3,(H,39,45)(H2,40,41,46). The Balaban J connectivity index is 1.17. The largest absolute Gasteiger partial charge is 0.457 e. The smallest absolute Gasteiger partial charge is 0.324 e. The van der Waals surface area contributed by atoms with Gasteiger partial charge in [-0.1, -0.05) is 67.9 Å². The first-order valence-corrected chi connectivity index (χ1v) is 15.6. The zero-order chi connectivity index (χ0) is 33.8. The molecule has 0 saturated carbocycles. The van der Waals surface area contributed by atoms with Gasteiger partial charge in [0, 0.05) is 40.6 Å². The van der Waals surface area contributed by atoms with E-state index in [1.807, 2.05) is 68.4 Å². The molecule has 3 amide bonds. The van der Waals surface area contributed by atoms with E-state index >= 15 is 0 Å². The highest BCUT2D eigenvalue weighted by Gasteiger charge is 2.22. The van der Waals surface area contributed by atoms with Crippen LogP contribution in [0.3, 0.4) is 0 Å². The van der Waals surface area contributed by atoms with Crippen LogP contribution in [0, 0.1) is 13.8 Å². The normalized spacial score (nSPS) is 11.4. The molecular formula is C37H37N7O4. The molecule has 48 heavy (non-hydrogen) atoms. The van der Waals surface area contributed by atoms with Crippen LogP contribution in [0.5, 0.6) is 11.5 Å². The van der Waals surface area contributed by atoms with Gasteiger partial charge < -0.3 is 19.9 Å². The molecule has 11 heteroatoms. The number of carbonyl (C=O) groups excluding carboxylic acids is 2. The van der Waals surface area contributed by atoms with Crippen molar-refractivity contribution in [1.29, 1.82) is 0 Å². The van der Waals surface area contributed by atoms with Crippen LogP contribution in [-0.2, 0) is 23.2 Å². The summed E-state index contributed by atoms with van der Waals surface area (Å²) in [5.41, 5.74) is 4.54. The second kappa shape index (κ2) is 13.4. The molecule has 11 nitrogen and oxygen atoms in total. The summed E-state index contributed by atoms with van der Waals surface area (Å²) in [5, 5.41) is 19.1. The molecule has 3 aromatic carbocycles. The minimum absolute atomic E-state index is 0.0725. The average Bonchev–Trinajstić information content (AvgIpc) is 3.68. The first kappa shape index (κ1) is 32.0. The summed E-state index contributed by atoms with van der Waals surface area (Å²) in [6.07, 6.45) is 1.68. The number of benzene rings is 3. The van der Waals surface area contributed by atoms with Gasteiger partial charge in [0.2, 0.25) is 5.91 Å². The Morgan fingerprint density at radius 2 is 1.67 bits per heavy atom. The first-order chi connectivity index (χ1) is 23.0. The van der Waals surface area contributed by atoms with E-state index in [1.165, 1.54) is 0 Å². The maximum absolute atomic E-state index is 13.4. The molecule has 3 aromatic heterocycles. The summed E-state index contributed by atoms with van der Waals surface area (Å²) in [6.45, 7) is 10.3. The average molecular weight is 644 g/mol. The molecule has 0 saturated heterocycles. The molecule has 6 rings (SSSR count). The molecule has 0 bridgehead atoms. The van der Waals surface area contributed by atoms with Crippen molar-refractivity contribution in [3.63, 3.8) is 0 Å². The van der Waals surface area contributed by atoms with Crippen LogP contribution in [0.2, 0.25) is 0 Å². The highest BCUT2D eigenvalue weighted by molar-refractivity contribution is 6.07. The Morgan fingerprint density at radius 3 is 2.40 bits per heavy atom. The molecule has 0 fully saturated rings. The number of hydrogen-bond donors (Lipinski definition) is 3. The Kier molecular flexibility index (Phi) is 8.93. The lowest BCUT2D eigenvalue weighted by Gasteiger charge is -2.14. The molecule has 3 heterocycles. The number of carbonyl (C=O) groups is 2. The molecule has 244 valence electrons. The first-order valence-electron chi connectivity index (χ1n) is 15.6. The third-order valence-electron chi connectivity index (χ3n) is 7.62. The van der Waals surface area contributed by atoms with Crippen LogP contribution in [0.1, 0.15) is 49.2 Å². The van der Waals surface area contributed by atoms with Crippen LogP contribution in [0.4, 0.5) is 16.3 Å². The number of anilines is 2. The van der Waals surface area contributed by atoms with E-state index in [2.05, 4.69) is 46.9 Å². The van der Waals surface area contributed by atoms with Gasteiger partial charge in [0.15, 0.2) is 5.76 Å². The molecule has 0 unspecified atom stereocenters. The van der Waals surface area contributed by atoms with Gasteiger partial charge in [-0.05, 0) is 44.2 Å². The Labute approximate surface area is 278 Å². The number of rotatable bonds is 9. The highest BCUT2D eigenvalue weighted by atomic mass is 16.5. The number of pyridine rings is 1. The predicted molar refractivity (Wildman–Crippen MR) is 185 cm³/mol. The van der Waals surface area contributed by atoms with E-state index in [0.29, 0.717) is 34.5 Å². The molecule has 0 radical (unpaired) electrons. The van der Waals surface area contributed by atoms with E-state index in [0.717, 1.165) is 33.4 Å². The molecule has 6 aromatic rings. The summed E-state index contributed by atoms with van der Waals surface area (Å²) < 4.78 is 13.2. The molecule has 0 aliphatic rings. The minimum Gasteiger partial charge on any atom is -0.457 e. The maximum Gasteiger partial charge on any atom is 0.324 e. The van der Waals surface area contributed by atoms with Crippen molar-refractivity contribution in [2.24, 2.45) is 0 Å². The van der Waals surface area contributed by atoms with Gasteiger partial charge in [-0.3, -0.25) is 15.1 Å². The summed E-state index contributed by atoms with van der Waals surface area (Å²) in [7, 11) is 0.